The smallest absolute Gasteiger partial charge is 0.335 e. The van der Waals surface area contributed by atoms with Crippen molar-refractivity contribution in [1.29, 1.82) is 0 Å². The number of fused-ring (bicyclic) bond motifs is 1. The summed E-state index contributed by atoms with van der Waals surface area (Å²) in [5.41, 5.74) is 0.763. The number of methoxy groups -OCH3 is 1. The average Bonchev–Trinajstić information content (AvgIpc) is 3.24. The van der Waals surface area contributed by atoms with Gasteiger partial charge in [0.15, 0.2) is 0 Å². The first-order valence-electron chi connectivity index (χ1n) is 12.6. The van der Waals surface area contributed by atoms with Crippen LogP contribution in [-0.4, -0.2) is 62.9 Å². The molecule has 2 saturated carbocycles. The van der Waals surface area contributed by atoms with Crippen molar-refractivity contribution in [3.05, 3.63) is 23.8 Å². The fourth-order valence-corrected chi connectivity index (χ4v) is 6.74. The third-order valence-electron chi connectivity index (χ3n) is 8.53. The molecule has 0 amide bonds. The highest BCUT2D eigenvalue weighted by molar-refractivity contribution is 5.91. The molecule has 3 rings (SSSR count). The quantitative estimate of drug-likeness (QED) is 0.287. The van der Waals surface area contributed by atoms with E-state index in [2.05, 4.69) is 18.8 Å². The van der Waals surface area contributed by atoms with Crippen molar-refractivity contribution in [2.45, 2.75) is 71.9 Å². The summed E-state index contributed by atoms with van der Waals surface area (Å²) in [6.07, 6.45) is 4.92. The second-order valence-corrected chi connectivity index (χ2v) is 10.7. The number of hydrogen-bond acceptors (Lipinski definition) is 9. The molecule has 0 aromatic carbocycles. The normalized spacial score (nSPS) is 32.6. The summed E-state index contributed by atoms with van der Waals surface area (Å²) in [6, 6.07) is -0.414. The number of carbonyl (C=O) groups excluding carboxylic acids is 4. The lowest BCUT2D eigenvalue weighted by molar-refractivity contribution is -0.192. The van der Waals surface area contributed by atoms with Crippen LogP contribution in [0.5, 0.6) is 0 Å². The minimum absolute atomic E-state index is 0.00984. The minimum atomic E-state index is -0.580. The summed E-state index contributed by atoms with van der Waals surface area (Å²) in [6.45, 7) is 11.8. The summed E-state index contributed by atoms with van der Waals surface area (Å²) in [5, 5.41) is 3.20. The van der Waals surface area contributed by atoms with E-state index in [1.54, 1.807) is 6.08 Å². The van der Waals surface area contributed by atoms with Gasteiger partial charge in [-0.25, -0.2) is 4.79 Å². The van der Waals surface area contributed by atoms with Gasteiger partial charge in [0.1, 0.15) is 19.3 Å². The summed E-state index contributed by atoms with van der Waals surface area (Å²) in [5.74, 6) is -1.46. The first kappa shape index (κ1) is 27.9. The summed E-state index contributed by atoms with van der Waals surface area (Å²) >= 11 is 0. The van der Waals surface area contributed by atoms with E-state index in [4.69, 9.17) is 18.9 Å². The second-order valence-electron chi connectivity index (χ2n) is 10.7. The Morgan fingerprint density at radius 2 is 1.94 bits per heavy atom. The van der Waals surface area contributed by atoms with Gasteiger partial charge in [0.2, 0.25) is 0 Å². The maximum absolute atomic E-state index is 12.4. The van der Waals surface area contributed by atoms with Gasteiger partial charge < -0.3 is 18.9 Å². The highest BCUT2D eigenvalue weighted by Gasteiger charge is 2.60. The Morgan fingerprint density at radius 3 is 2.53 bits per heavy atom. The Labute approximate surface area is 212 Å². The molecular formula is C27H39NO8. The third kappa shape index (κ3) is 5.66. The van der Waals surface area contributed by atoms with Crippen LogP contribution in [0.15, 0.2) is 23.8 Å². The molecule has 1 N–H and O–H groups in total. The zero-order chi connectivity index (χ0) is 26.7. The fraction of sp³-hybridized carbons (Fsp3) is 0.704. The highest BCUT2D eigenvalue weighted by Crippen LogP contribution is 2.62. The Bertz CT molecular complexity index is 942. The van der Waals surface area contributed by atoms with Gasteiger partial charge in [-0.05, 0) is 55.4 Å². The Morgan fingerprint density at radius 1 is 1.22 bits per heavy atom. The Hall–Kier alpha value is -2.68. The fourth-order valence-electron chi connectivity index (χ4n) is 6.74. The van der Waals surface area contributed by atoms with Crippen molar-refractivity contribution < 1.29 is 38.1 Å². The molecular weight excluding hydrogens is 466 g/mol. The number of ether oxygens (including phenoxy) is 4. The molecule has 9 heteroatoms. The van der Waals surface area contributed by atoms with Crippen LogP contribution < -0.4 is 5.32 Å². The molecule has 6 atom stereocenters. The number of rotatable bonds is 9. The molecule has 36 heavy (non-hydrogen) atoms. The van der Waals surface area contributed by atoms with Crippen molar-refractivity contribution in [1.82, 2.24) is 5.32 Å². The monoisotopic (exact) mass is 505 g/mol. The summed E-state index contributed by atoms with van der Waals surface area (Å²) in [4.78, 5) is 48.0. The average molecular weight is 506 g/mol. The number of allylic oxidation sites excluding steroid dienone is 1. The van der Waals surface area contributed by atoms with E-state index in [9.17, 15) is 19.2 Å². The van der Waals surface area contributed by atoms with Crippen LogP contribution in [0, 0.1) is 22.7 Å². The van der Waals surface area contributed by atoms with Crippen LogP contribution in [-0.2, 0) is 38.1 Å². The molecule has 3 aliphatic rings. The van der Waals surface area contributed by atoms with Crippen LogP contribution in [0.3, 0.4) is 0 Å². The maximum Gasteiger partial charge on any atom is 0.335 e. The molecule has 2 aliphatic carbocycles. The molecule has 0 saturated heterocycles. The molecule has 0 unspecified atom stereocenters. The summed E-state index contributed by atoms with van der Waals surface area (Å²) in [7, 11) is 1.32. The number of carbonyl (C=O) groups is 4. The minimum Gasteiger partial charge on any atom is -0.468 e. The lowest BCUT2D eigenvalue weighted by Gasteiger charge is -2.60. The van der Waals surface area contributed by atoms with Crippen molar-refractivity contribution >= 4 is 23.9 Å². The lowest BCUT2D eigenvalue weighted by Crippen LogP contribution is -2.59. The molecule has 200 valence electrons. The predicted molar refractivity (Wildman–Crippen MR) is 130 cm³/mol. The van der Waals surface area contributed by atoms with Gasteiger partial charge in [0.05, 0.1) is 19.2 Å². The van der Waals surface area contributed by atoms with Gasteiger partial charge in [-0.3, -0.25) is 19.7 Å². The van der Waals surface area contributed by atoms with Crippen molar-refractivity contribution in [3.63, 3.8) is 0 Å². The van der Waals surface area contributed by atoms with E-state index >= 15 is 0 Å². The highest BCUT2D eigenvalue weighted by atomic mass is 16.6. The summed E-state index contributed by atoms with van der Waals surface area (Å²) < 4.78 is 21.2. The van der Waals surface area contributed by atoms with E-state index in [0.29, 0.717) is 18.4 Å². The number of hydrogen-bond donors (Lipinski definition) is 1. The zero-order valence-corrected chi connectivity index (χ0v) is 22.0. The van der Waals surface area contributed by atoms with Gasteiger partial charge in [-0.1, -0.05) is 26.0 Å². The molecule has 0 aromatic rings. The third-order valence-corrected chi connectivity index (χ3v) is 8.53. The van der Waals surface area contributed by atoms with E-state index in [-0.39, 0.29) is 55.1 Å². The van der Waals surface area contributed by atoms with E-state index in [1.807, 2.05) is 6.92 Å². The van der Waals surface area contributed by atoms with Crippen LogP contribution in [0.2, 0.25) is 0 Å². The van der Waals surface area contributed by atoms with Crippen molar-refractivity contribution in [2.75, 3.05) is 26.9 Å². The molecule has 1 aliphatic heterocycles. The van der Waals surface area contributed by atoms with Gasteiger partial charge in [-0.15, -0.1) is 0 Å². The molecule has 0 bridgehead atoms. The first-order valence-corrected chi connectivity index (χ1v) is 12.6. The molecule has 9 nitrogen and oxygen atoms in total. The first-order chi connectivity index (χ1) is 16.9. The molecule has 1 heterocycles. The number of nitrogens with one attached hydrogen (secondary N) is 1. The molecule has 0 radical (unpaired) electrons. The Kier molecular flexibility index (Phi) is 8.64. The second kappa shape index (κ2) is 11.2. The lowest BCUT2D eigenvalue weighted by atomic mass is 9.46. The predicted octanol–water partition coefficient (Wildman–Crippen LogP) is 2.87. The number of esters is 4. The van der Waals surface area contributed by atoms with Gasteiger partial charge in [-0.2, -0.15) is 0 Å². The van der Waals surface area contributed by atoms with Crippen LogP contribution in [0.25, 0.3) is 0 Å². The van der Waals surface area contributed by atoms with Crippen LogP contribution in [0.4, 0.5) is 0 Å². The molecule has 0 spiro atoms. The standard InChI is InChI=1S/C27H39NO8/c1-16-7-8-22-26(4,11-9-23(36-18(3)30)27(22,5)15-35-17(2)29)20(16)13-21(28-14-24(31)33-6)19-10-12-34-25(19)32/h10,20-23,28H,1,7-9,11-15H2,2-6H3/t20-,21-,22+,23-,26+,27+/m1/s1. The molecule has 2 fully saturated rings. The van der Waals surface area contributed by atoms with Crippen molar-refractivity contribution in [3.8, 4) is 0 Å². The largest absolute Gasteiger partial charge is 0.468 e. The van der Waals surface area contributed by atoms with E-state index < -0.39 is 23.4 Å². The van der Waals surface area contributed by atoms with E-state index in [0.717, 1.165) is 24.8 Å². The Balaban J connectivity index is 1.94. The maximum atomic E-state index is 12.4. The van der Waals surface area contributed by atoms with Gasteiger partial charge >= 0.3 is 23.9 Å². The topological polar surface area (TPSA) is 117 Å². The van der Waals surface area contributed by atoms with Crippen LogP contribution >= 0.6 is 0 Å². The number of cyclic esters (lactones) is 1. The molecule has 0 aromatic heterocycles. The zero-order valence-electron chi connectivity index (χ0n) is 22.0. The van der Waals surface area contributed by atoms with Gasteiger partial charge in [0.25, 0.3) is 0 Å². The van der Waals surface area contributed by atoms with Crippen molar-refractivity contribution in [2.24, 2.45) is 22.7 Å². The van der Waals surface area contributed by atoms with Crippen LogP contribution in [0.1, 0.15) is 59.8 Å². The SMILES string of the molecule is C=C1CC[C@@H]2[C@](C)(COC(C)=O)[C@H](OC(C)=O)CC[C@@]2(C)[C@@H]1C[C@@H](NCC(=O)OC)C1=CCOC1=O. The van der Waals surface area contributed by atoms with Gasteiger partial charge in [0, 0.05) is 25.3 Å². The van der Waals surface area contributed by atoms with E-state index in [1.165, 1.54) is 21.0 Å².